The van der Waals surface area contributed by atoms with E-state index in [1.165, 1.54) is 12.3 Å². The second-order valence-electron chi connectivity index (χ2n) is 5.51. The molecule has 0 saturated heterocycles. The molecule has 0 aliphatic heterocycles. The number of carbonyl (C=O) groups is 1. The summed E-state index contributed by atoms with van der Waals surface area (Å²) in [6.07, 6.45) is 6.32. The van der Waals surface area contributed by atoms with E-state index in [0.717, 1.165) is 38.6 Å². The van der Waals surface area contributed by atoms with Gasteiger partial charge in [-0.3, -0.25) is 9.59 Å². The van der Waals surface area contributed by atoms with Crippen LogP contribution in [0, 0.1) is 0 Å². The standard InChI is InChI=1S/C15H23N3O2/c1-2-9-18(13-6-4-12(16)5-7-13)15(20)11-3-8-14(19)17-10-11/h3,8,10,12-13H,2,4-7,9,16H2,1H3,(H,17,19). The van der Waals surface area contributed by atoms with Crippen molar-refractivity contribution in [2.75, 3.05) is 6.54 Å². The zero-order valence-electron chi connectivity index (χ0n) is 12.0. The first-order chi connectivity index (χ1) is 9.61. The molecule has 1 aromatic heterocycles. The summed E-state index contributed by atoms with van der Waals surface area (Å²) >= 11 is 0. The van der Waals surface area contributed by atoms with Gasteiger partial charge < -0.3 is 15.6 Å². The smallest absolute Gasteiger partial charge is 0.255 e. The number of rotatable bonds is 4. The minimum absolute atomic E-state index is 0.00331. The summed E-state index contributed by atoms with van der Waals surface area (Å²) in [6, 6.07) is 3.54. The molecule has 1 aliphatic carbocycles. The number of hydrogen-bond donors (Lipinski definition) is 2. The lowest BCUT2D eigenvalue weighted by Crippen LogP contribution is -2.44. The Morgan fingerprint density at radius 2 is 2.05 bits per heavy atom. The van der Waals surface area contributed by atoms with E-state index < -0.39 is 0 Å². The maximum Gasteiger partial charge on any atom is 0.255 e. The zero-order valence-corrected chi connectivity index (χ0v) is 12.0. The van der Waals surface area contributed by atoms with Gasteiger partial charge in [0.05, 0.1) is 5.56 Å². The number of nitrogens with one attached hydrogen (secondary N) is 1. The monoisotopic (exact) mass is 277 g/mol. The van der Waals surface area contributed by atoms with Gasteiger partial charge in [-0.2, -0.15) is 0 Å². The molecule has 1 fully saturated rings. The normalized spacial score (nSPS) is 22.5. The molecule has 20 heavy (non-hydrogen) atoms. The van der Waals surface area contributed by atoms with E-state index in [-0.39, 0.29) is 23.6 Å². The van der Waals surface area contributed by atoms with Crippen LogP contribution in [0.25, 0.3) is 0 Å². The van der Waals surface area contributed by atoms with E-state index >= 15 is 0 Å². The minimum atomic E-state index is -0.188. The van der Waals surface area contributed by atoms with Crippen LogP contribution in [0.4, 0.5) is 0 Å². The van der Waals surface area contributed by atoms with E-state index in [4.69, 9.17) is 5.73 Å². The molecular weight excluding hydrogens is 254 g/mol. The highest BCUT2D eigenvalue weighted by atomic mass is 16.2. The molecule has 0 radical (unpaired) electrons. The quantitative estimate of drug-likeness (QED) is 0.875. The van der Waals surface area contributed by atoms with Crippen LogP contribution < -0.4 is 11.3 Å². The number of amides is 1. The Bertz CT molecular complexity index is 484. The predicted octanol–water partition coefficient (Wildman–Crippen LogP) is 1.50. The first-order valence-corrected chi connectivity index (χ1v) is 7.37. The molecule has 3 N–H and O–H groups in total. The molecule has 0 spiro atoms. The van der Waals surface area contributed by atoms with Crippen LogP contribution in [-0.2, 0) is 0 Å². The summed E-state index contributed by atoms with van der Waals surface area (Å²) in [5.41, 5.74) is 6.29. The summed E-state index contributed by atoms with van der Waals surface area (Å²) in [4.78, 5) is 28.2. The van der Waals surface area contributed by atoms with Crippen molar-refractivity contribution < 1.29 is 4.79 Å². The topological polar surface area (TPSA) is 79.2 Å². The fraction of sp³-hybridized carbons (Fsp3) is 0.600. The van der Waals surface area contributed by atoms with Crippen LogP contribution in [0.3, 0.4) is 0 Å². The zero-order chi connectivity index (χ0) is 14.5. The summed E-state index contributed by atoms with van der Waals surface area (Å²) in [5, 5.41) is 0. The average Bonchev–Trinajstić information content (AvgIpc) is 2.46. The van der Waals surface area contributed by atoms with Crippen LogP contribution in [0.15, 0.2) is 23.1 Å². The lowest BCUT2D eigenvalue weighted by molar-refractivity contribution is 0.0626. The number of hydrogen-bond acceptors (Lipinski definition) is 3. The lowest BCUT2D eigenvalue weighted by atomic mass is 9.90. The van der Waals surface area contributed by atoms with E-state index in [2.05, 4.69) is 11.9 Å². The van der Waals surface area contributed by atoms with Gasteiger partial charge in [0.2, 0.25) is 5.56 Å². The highest BCUT2D eigenvalue weighted by Crippen LogP contribution is 2.23. The minimum Gasteiger partial charge on any atom is -0.336 e. The summed E-state index contributed by atoms with van der Waals surface area (Å²) in [6.45, 7) is 2.82. The third-order valence-electron chi connectivity index (χ3n) is 3.94. The molecule has 1 saturated carbocycles. The molecule has 0 unspecified atom stereocenters. The van der Waals surface area contributed by atoms with Crippen LogP contribution >= 0.6 is 0 Å². The Morgan fingerprint density at radius 3 is 2.60 bits per heavy atom. The molecule has 2 rings (SSSR count). The maximum absolute atomic E-state index is 12.6. The molecule has 1 aliphatic rings. The number of nitrogens with zero attached hydrogens (tertiary/aromatic N) is 1. The first kappa shape index (κ1) is 14.8. The van der Waals surface area contributed by atoms with Crippen molar-refractivity contribution in [3.63, 3.8) is 0 Å². The van der Waals surface area contributed by atoms with Gasteiger partial charge in [-0.15, -0.1) is 0 Å². The van der Waals surface area contributed by atoms with Gasteiger partial charge in [0.25, 0.3) is 5.91 Å². The SMILES string of the molecule is CCCN(C(=O)c1ccc(=O)[nH]c1)C1CCC(N)CC1. The molecule has 1 aromatic rings. The van der Waals surface area contributed by atoms with E-state index in [0.29, 0.717) is 5.56 Å². The van der Waals surface area contributed by atoms with Gasteiger partial charge in [0.1, 0.15) is 0 Å². The molecule has 1 heterocycles. The van der Waals surface area contributed by atoms with Crippen LogP contribution in [0.5, 0.6) is 0 Å². The van der Waals surface area contributed by atoms with Crippen LogP contribution in [0.2, 0.25) is 0 Å². The van der Waals surface area contributed by atoms with Crippen LogP contribution in [-0.4, -0.2) is 34.4 Å². The van der Waals surface area contributed by atoms with Crippen molar-refractivity contribution in [1.29, 1.82) is 0 Å². The van der Waals surface area contributed by atoms with Gasteiger partial charge in [0.15, 0.2) is 0 Å². The lowest BCUT2D eigenvalue weighted by Gasteiger charge is -2.36. The number of pyridine rings is 1. The number of nitrogens with two attached hydrogens (primary N) is 1. The molecule has 1 amide bonds. The Labute approximate surface area is 119 Å². The second kappa shape index (κ2) is 6.70. The van der Waals surface area contributed by atoms with Gasteiger partial charge in [-0.25, -0.2) is 0 Å². The number of H-pyrrole nitrogens is 1. The molecule has 0 aromatic carbocycles. The van der Waals surface area contributed by atoms with Crippen molar-refractivity contribution in [2.24, 2.45) is 5.73 Å². The fourth-order valence-electron chi connectivity index (χ4n) is 2.81. The number of aromatic amines is 1. The number of carbonyl (C=O) groups excluding carboxylic acids is 1. The van der Waals surface area contributed by atoms with E-state index in [1.807, 2.05) is 4.90 Å². The van der Waals surface area contributed by atoms with Crippen molar-refractivity contribution in [3.05, 3.63) is 34.2 Å². The molecule has 0 bridgehead atoms. The Hall–Kier alpha value is -1.62. The van der Waals surface area contributed by atoms with E-state index in [1.54, 1.807) is 6.07 Å². The van der Waals surface area contributed by atoms with Crippen molar-refractivity contribution >= 4 is 5.91 Å². The highest BCUT2D eigenvalue weighted by molar-refractivity contribution is 5.94. The molecule has 0 atom stereocenters. The first-order valence-electron chi connectivity index (χ1n) is 7.37. The largest absolute Gasteiger partial charge is 0.336 e. The van der Waals surface area contributed by atoms with Crippen molar-refractivity contribution in [1.82, 2.24) is 9.88 Å². The highest BCUT2D eigenvalue weighted by Gasteiger charge is 2.27. The van der Waals surface area contributed by atoms with Crippen LogP contribution in [0.1, 0.15) is 49.4 Å². The molecule has 5 nitrogen and oxygen atoms in total. The summed E-state index contributed by atoms with van der Waals surface area (Å²) in [7, 11) is 0. The predicted molar refractivity (Wildman–Crippen MR) is 78.6 cm³/mol. The van der Waals surface area contributed by atoms with E-state index in [9.17, 15) is 9.59 Å². The third-order valence-corrected chi connectivity index (χ3v) is 3.94. The average molecular weight is 277 g/mol. The van der Waals surface area contributed by atoms with Gasteiger partial charge in [0, 0.05) is 30.9 Å². The van der Waals surface area contributed by atoms with Gasteiger partial charge >= 0.3 is 0 Å². The van der Waals surface area contributed by atoms with Crippen molar-refractivity contribution in [3.8, 4) is 0 Å². The molecule has 110 valence electrons. The Kier molecular flexibility index (Phi) is 4.95. The molecular formula is C15H23N3O2. The summed E-state index contributed by atoms with van der Waals surface area (Å²) in [5.74, 6) is 0.00331. The Balaban J connectivity index is 2.13. The third kappa shape index (κ3) is 3.48. The van der Waals surface area contributed by atoms with Crippen molar-refractivity contribution in [2.45, 2.75) is 51.1 Å². The Morgan fingerprint density at radius 1 is 1.35 bits per heavy atom. The second-order valence-corrected chi connectivity index (χ2v) is 5.51. The molecule has 5 heteroatoms. The number of aromatic nitrogens is 1. The maximum atomic E-state index is 12.6. The van der Waals surface area contributed by atoms with Gasteiger partial charge in [-0.1, -0.05) is 6.92 Å². The summed E-state index contributed by atoms with van der Waals surface area (Å²) < 4.78 is 0. The van der Waals surface area contributed by atoms with Gasteiger partial charge in [-0.05, 0) is 38.2 Å². The fourth-order valence-corrected chi connectivity index (χ4v) is 2.81.